The second kappa shape index (κ2) is 7.43. The van der Waals surface area contributed by atoms with Crippen molar-refractivity contribution >= 4 is 22.7 Å². The summed E-state index contributed by atoms with van der Waals surface area (Å²) in [5.41, 5.74) is 0.228. The zero-order valence-corrected chi connectivity index (χ0v) is 14.3. The van der Waals surface area contributed by atoms with Crippen molar-refractivity contribution < 1.29 is 13.9 Å². The zero-order chi connectivity index (χ0) is 18.0. The van der Waals surface area contributed by atoms with E-state index < -0.39 is 6.43 Å². The van der Waals surface area contributed by atoms with Crippen molar-refractivity contribution in [2.24, 2.45) is 0 Å². The number of alkyl halides is 2. The molecule has 2 heterocycles. The number of nitrogens with one attached hydrogen (secondary N) is 2. The summed E-state index contributed by atoms with van der Waals surface area (Å²) in [6.07, 6.45) is 1.69. The zero-order valence-electron chi connectivity index (χ0n) is 14.3. The van der Waals surface area contributed by atoms with Gasteiger partial charge in [0.15, 0.2) is 0 Å². The number of anilines is 2. The van der Waals surface area contributed by atoms with E-state index in [-0.39, 0.29) is 23.9 Å². The van der Waals surface area contributed by atoms with Crippen LogP contribution < -0.4 is 10.6 Å². The third-order valence-electron chi connectivity index (χ3n) is 4.28. The normalized spacial score (nSPS) is 21.1. The molecule has 8 heteroatoms. The van der Waals surface area contributed by atoms with Crippen LogP contribution in [0.3, 0.4) is 0 Å². The van der Waals surface area contributed by atoms with Gasteiger partial charge in [-0.2, -0.15) is 4.98 Å². The topological polar surface area (TPSA) is 83.0 Å². The molecule has 0 aromatic carbocycles. The number of pyridine rings is 1. The van der Waals surface area contributed by atoms with Gasteiger partial charge in [-0.25, -0.2) is 13.8 Å². The van der Waals surface area contributed by atoms with Gasteiger partial charge in [0, 0.05) is 17.5 Å². The lowest BCUT2D eigenvalue weighted by Gasteiger charge is -2.26. The van der Waals surface area contributed by atoms with Crippen LogP contribution in [0.15, 0.2) is 12.3 Å². The number of aromatic nitrogens is 3. The van der Waals surface area contributed by atoms with Gasteiger partial charge < -0.3 is 15.7 Å². The number of hydrogen-bond acceptors (Lipinski definition) is 6. The minimum Gasteiger partial charge on any atom is -0.393 e. The van der Waals surface area contributed by atoms with Crippen LogP contribution in [-0.2, 0) is 0 Å². The molecule has 3 N–H and O–H groups in total. The molecular formula is C17H23F2N5O. The fraction of sp³-hybridized carbons (Fsp3) is 0.588. The van der Waals surface area contributed by atoms with Crippen LogP contribution in [0.1, 0.15) is 51.7 Å². The van der Waals surface area contributed by atoms with Gasteiger partial charge in [0.2, 0.25) is 5.95 Å². The van der Waals surface area contributed by atoms with Gasteiger partial charge in [-0.05, 0) is 45.6 Å². The summed E-state index contributed by atoms with van der Waals surface area (Å²) in [5.74, 6) is 0.964. The summed E-state index contributed by atoms with van der Waals surface area (Å²) in [5, 5.41) is 16.6. The Morgan fingerprint density at radius 2 is 1.88 bits per heavy atom. The quantitative estimate of drug-likeness (QED) is 0.765. The first-order chi connectivity index (χ1) is 11.9. The number of aliphatic hydroxyl groups excluding tert-OH is 1. The predicted octanol–water partition coefficient (Wildman–Crippen LogP) is 3.50. The van der Waals surface area contributed by atoms with E-state index in [0.29, 0.717) is 22.7 Å². The summed E-state index contributed by atoms with van der Waals surface area (Å²) in [6.45, 7) is 3.91. The smallest absolute Gasteiger partial charge is 0.280 e. The van der Waals surface area contributed by atoms with Crippen LogP contribution in [-0.4, -0.2) is 38.2 Å². The van der Waals surface area contributed by atoms with E-state index in [1.165, 1.54) is 12.3 Å². The fourth-order valence-corrected chi connectivity index (χ4v) is 3.02. The Morgan fingerprint density at radius 1 is 1.16 bits per heavy atom. The van der Waals surface area contributed by atoms with E-state index in [9.17, 15) is 13.9 Å². The number of aliphatic hydroxyl groups is 1. The summed E-state index contributed by atoms with van der Waals surface area (Å²) in [7, 11) is 0. The number of rotatable bonds is 5. The molecule has 0 spiro atoms. The van der Waals surface area contributed by atoms with Crippen LogP contribution in [0.4, 0.5) is 20.5 Å². The molecule has 2 aromatic rings. The van der Waals surface area contributed by atoms with E-state index in [1.54, 1.807) is 0 Å². The molecule has 0 bridgehead atoms. The molecule has 6 nitrogen and oxygen atoms in total. The van der Waals surface area contributed by atoms with Crippen molar-refractivity contribution in [1.29, 1.82) is 0 Å². The van der Waals surface area contributed by atoms with Gasteiger partial charge in [-0.3, -0.25) is 4.98 Å². The van der Waals surface area contributed by atoms with Crippen molar-refractivity contribution in [3.8, 4) is 0 Å². The van der Waals surface area contributed by atoms with E-state index in [4.69, 9.17) is 0 Å². The Bertz CT molecular complexity index is 732. The first-order valence-electron chi connectivity index (χ1n) is 8.59. The Labute approximate surface area is 145 Å². The van der Waals surface area contributed by atoms with Gasteiger partial charge in [-0.1, -0.05) is 0 Å². The van der Waals surface area contributed by atoms with Crippen molar-refractivity contribution in [1.82, 2.24) is 15.0 Å². The molecule has 1 fully saturated rings. The second-order valence-electron chi connectivity index (χ2n) is 6.77. The van der Waals surface area contributed by atoms with Gasteiger partial charge in [-0.15, -0.1) is 0 Å². The van der Waals surface area contributed by atoms with Crippen molar-refractivity contribution in [3.05, 3.63) is 18.0 Å². The number of hydrogen-bond donors (Lipinski definition) is 3. The molecule has 0 atom stereocenters. The maximum atomic E-state index is 13.0. The number of halogens is 2. The number of fused-ring (bicyclic) bond motifs is 1. The first-order valence-corrected chi connectivity index (χ1v) is 8.59. The lowest BCUT2D eigenvalue weighted by Crippen LogP contribution is -2.29. The SMILES string of the molecule is CC(C)Nc1nc(NC2CCC(O)CC2)nc2cnc(C(F)F)cc12. The van der Waals surface area contributed by atoms with Gasteiger partial charge in [0.1, 0.15) is 11.5 Å². The monoisotopic (exact) mass is 351 g/mol. The minimum absolute atomic E-state index is 0.0962. The molecule has 25 heavy (non-hydrogen) atoms. The molecule has 1 aliphatic rings. The van der Waals surface area contributed by atoms with E-state index in [2.05, 4.69) is 25.6 Å². The molecule has 0 unspecified atom stereocenters. The highest BCUT2D eigenvalue weighted by atomic mass is 19.3. The Morgan fingerprint density at radius 3 is 2.52 bits per heavy atom. The molecule has 0 saturated heterocycles. The molecular weight excluding hydrogens is 328 g/mol. The van der Waals surface area contributed by atoms with Crippen LogP contribution in [0.25, 0.3) is 10.9 Å². The highest BCUT2D eigenvalue weighted by Crippen LogP contribution is 2.28. The lowest BCUT2D eigenvalue weighted by molar-refractivity contribution is 0.126. The van der Waals surface area contributed by atoms with Crippen LogP contribution >= 0.6 is 0 Å². The third-order valence-corrected chi connectivity index (χ3v) is 4.28. The average Bonchev–Trinajstić information content (AvgIpc) is 2.56. The largest absolute Gasteiger partial charge is 0.393 e. The van der Waals surface area contributed by atoms with Crippen LogP contribution in [0.5, 0.6) is 0 Å². The van der Waals surface area contributed by atoms with E-state index >= 15 is 0 Å². The third kappa shape index (κ3) is 4.31. The van der Waals surface area contributed by atoms with Crippen molar-refractivity contribution in [2.75, 3.05) is 10.6 Å². The summed E-state index contributed by atoms with van der Waals surface area (Å²) in [4.78, 5) is 12.7. The van der Waals surface area contributed by atoms with Gasteiger partial charge in [0.05, 0.1) is 17.8 Å². The fourth-order valence-electron chi connectivity index (χ4n) is 3.02. The summed E-state index contributed by atoms with van der Waals surface area (Å²) < 4.78 is 25.9. The maximum absolute atomic E-state index is 13.0. The molecule has 136 valence electrons. The minimum atomic E-state index is -2.64. The Hall–Kier alpha value is -2.09. The molecule has 0 aliphatic heterocycles. The standard InChI is InChI=1S/C17H23F2N5O/c1-9(2)21-16-12-7-13(15(18)19)20-8-14(12)23-17(24-16)22-10-3-5-11(25)6-4-10/h7-11,15,25H,3-6H2,1-2H3,(H2,21,22,23,24). The van der Waals surface area contributed by atoms with Gasteiger partial charge in [0.25, 0.3) is 6.43 Å². The molecule has 1 saturated carbocycles. The maximum Gasteiger partial charge on any atom is 0.280 e. The number of nitrogens with zero attached hydrogens (tertiary/aromatic N) is 3. The van der Waals surface area contributed by atoms with Crippen molar-refractivity contribution in [3.63, 3.8) is 0 Å². The summed E-state index contributed by atoms with van der Waals surface area (Å²) >= 11 is 0. The van der Waals surface area contributed by atoms with Gasteiger partial charge >= 0.3 is 0 Å². The second-order valence-corrected chi connectivity index (χ2v) is 6.77. The Balaban J connectivity index is 1.92. The Kier molecular flexibility index (Phi) is 5.27. The van der Waals surface area contributed by atoms with Crippen molar-refractivity contribution in [2.45, 2.75) is 64.1 Å². The highest BCUT2D eigenvalue weighted by Gasteiger charge is 2.21. The molecule has 0 radical (unpaired) electrons. The molecule has 3 rings (SSSR count). The molecule has 2 aromatic heterocycles. The summed E-state index contributed by atoms with van der Waals surface area (Å²) in [6, 6.07) is 1.63. The van der Waals surface area contributed by atoms with E-state index in [1.807, 2.05) is 13.8 Å². The van der Waals surface area contributed by atoms with E-state index in [0.717, 1.165) is 25.7 Å². The average molecular weight is 351 g/mol. The molecule has 1 aliphatic carbocycles. The highest BCUT2D eigenvalue weighted by molar-refractivity contribution is 5.90. The lowest BCUT2D eigenvalue weighted by atomic mass is 9.93. The van der Waals surface area contributed by atoms with Crippen LogP contribution in [0, 0.1) is 0 Å². The first kappa shape index (κ1) is 17.7. The van der Waals surface area contributed by atoms with Crippen LogP contribution in [0.2, 0.25) is 0 Å². The molecule has 0 amide bonds. The predicted molar refractivity (Wildman–Crippen MR) is 92.9 cm³/mol.